The summed E-state index contributed by atoms with van der Waals surface area (Å²) < 4.78 is 6.71. The van der Waals surface area contributed by atoms with Crippen LogP contribution in [0.2, 0.25) is 0 Å². The molecule has 0 aliphatic heterocycles. The summed E-state index contributed by atoms with van der Waals surface area (Å²) in [5.41, 5.74) is 2.26. The first-order chi connectivity index (χ1) is 11.0. The quantitative estimate of drug-likeness (QED) is 0.832. The van der Waals surface area contributed by atoms with Gasteiger partial charge in [0.05, 0.1) is 0 Å². The Balaban J connectivity index is 1.95. The number of benzene rings is 1. The van der Waals surface area contributed by atoms with Crippen LogP contribution in [0.5, 0.6) is 0 Å². The second-order valence-corrected chi connectivity index (χ2v) is 5.53. The monoisotopic (exact) mass is 314 g/mol. The Morgan fingerprint density at radius 3 is 2.61 bits per heavy atom. The molecule has 1 amide bonds. The zero-order valence-electron chi connectivity index (χ0n) is 13.7. The second-order valence-electron chi connectivity index (χ2n) is 5.53. The molecule has 0 spiro atoms. The van der Waals surface area contributed by atoms with Crippen LogP contribution >= 0.6 is 0 Å². The SMILES string of the molecule is CCC(C)c1ccccc1NC(=O)COC(=O)c1cccn1C. The number of esters is 1. The number of rotatable bonds is 6. The molecule has 5 heteroatoms. The average Bonchev–Trinajstić information content (AvgIpc) is 2.98. The van der Waals surface area contributed by atoms with Crippen molar-refractivity contribution in [1.29, 1.82) is 0 Å². The fraction of sp³-hybridized carbons (Fsp3) is 0.333. The molecule has 2 aromatic rings. The van der Waals surface area contributed by atoms with Gasteiger partial charge in [0.25, 0.3) is 5.91 Å². The van der Waals surface area contributed by atoms with Gasteiger partial charge in [-0.3, -0.25) is 4.79 Å². The Morgan fingerprint density at radius 2 is 1.96 bits per heavy atom. The van der Waals surface area contributed by atoms with Crippen LogP contribution in [0.1, 0.15) is 42.2 Å². The number of hydrogen-bond acceptors (Lipinski definition) is 3. The molecule has 0 radical (unpaired) electrons. The minimum Gasteiger partial charge on any atom is -0.451 e. The van der Waals surface area contributed by atoms with Gasteiger partial charge in [0, 0.05) is 18.9 Å². The normalized spacial score (nSPS) is 11.8. The van der Waals surface area contributed by atoms with E-state index >= 15 is 0 Å². The van der Waals surface area contributed by atoms with E-state index in [0.29, 0.717) is 11.6 Å². The molecule has 122 valence electrons. The van der Waals surface area contributed by atoms with E-state index in [1.165, 1.54) is 0 Å². The lowest BCUT2D eigenvalue weighted by Gasteiger charge is -2.15. The molecule has 0 aliphatic carbocycles. The third-order valence-electron chi connectivity index (χ3n) is 3.87. The molecule has 0 saturated heterocycles. The number of amides is 1. The Morgan fingerprint density at radius 1 is 1.22 bits per heavy atom. The van der Waals surface area contributed by atoms with Gasteiger partial charge < -0.3 is 14.6 Å². The molecule has 5 nitrogen and oxygen atoms in total. The Hall–Kier alpha value is -2.56. The van der Waals surface area contributed by atoms with Crippen molar-refractivity contribution >= 4 is 17.6 Å². The van der Waals surface area contributed by atoms with Crippen molar-refractivity contribution in [1.82, 2.24) is 4.57 Å². The minimum absolute atomic E-state index is 0.307. The first-order valence-corrected chi connectivity index (χ1v) is 7.70. The van der Waals surface area contributed by atoms with Crippen LogP contribution in [-0.4, -0.2) is 23.1 Å². The van der Waals surface area contributed by atoms with Crippen molar-refractivity contribution in [3.63, 3.8) is 0 Å². The summed E-state index contributed by atoms with van der Waals surface area (Å²) >= 11 is 0. The molecular formula is C18H22N2O3. The van der Waals surface area contributed by atoms with E-state index in [4.69, 9.17) is 4.74 Å². The minimum atomic E-state index is -0.511. The summed E-state index contributed by atoms with van der Waals surface area (Å²) in [6.45, 7) is 3.91. The first-order valence-electron chi connectivity index (χ1n) is 7.70. The third kappa shape index (κ3) is 4.22. The van der Waals surface area contributed by atoms with Crippen molar-refractivity contribution < 1.29 is 14.3 Å². The maximum absolute atomic E-state index is 12.0. The highest BCUT2D eigenvalue weighted by molar-refractivity contribution is 5.95. The number of carbonyl (C=O) groups is 2. The summed E-state index contributed by atoms with van der Waals surface area (Å²) in [6.07, 6.45) is 2.73. The molecular weight excluding hydrogens is 292 g/mol. The summed E-state index contributed by atoms with van der Waals surface area (Å²) in [6, 6.07) is 11.1. The molecule has 1 heterocycles. The molecule has 0 fully saturated rings. The zero-order chi connectivity index (χ0) is 16.8. The number of anilines is 1. The average molecular weight is 314 g/mol. The van der Waals surface area contributed by atoms with Crippen molar-refractivity contribution in [2.24, 2.45) is 7.05 Å². The van der Waals surface area contributed by atoms with E-state index in [0.717, 1.165) is 17.7 Å². The van der Waals surface area contributed by atoms with Gasteiger partial charge in [-0.05, 0) is 36.1 Å². The molecule has 1 N–H and O–H groups in total. The summed E-state index contributed by atoms with van der Waals surface area (Å²) in [7, 11) is 1.75. The Bertz CT molecular complexity index is 691. The van der Waals surface area contributed by atoms with Gasteiger partial charge in [-0.1, -0.05) is 32.0 Å². The smallest absolute Gasteiger partial charge is 0.355 e. The van der Waals surface area contributed by atoms with E-state index in [1.54, 1.807) is 29.9 Å². The fourth-order valence-electron chi connectivity index (χ4n) is 2.32. The van der Waals surface area contributed by atoms with E-state index < -0.39 is 5.97 Å². The van der Waals surface area contributed by atoms with Gasteiger partial charge in [0.2, 0.25) is 0 Å². The van der Waals surface area contributed by atoms with E-state index in [2.05, 4.69) is 19.2 Å². The number of aromatic nitrogens is 1. The summed E-state index contributed by atoms with van der Waals surface area (Å²) in [5.74, 6) is -0.511. The van der Waals surface area contributed by atoms with E-state index in [9.17, 15) is 9.59 Å². The van der Waals surface area contributed by atoms with Crippen LogP contribution in [0.15, 0.2) is 42.6 Å². The van der Waals surface area contributed by atoms with Gasteiger partial charge >= 0.3 is 5.97 Å². The molecule has 1 atom stereocenters. The van der Waals surface area contributed by atoms with Crippen LogP contribution in [0.3, 0.4) is 0 Å². The van der Waals surface area contributed by atoms with Gasteiger partial charge in [-0.25, -0.2) is 4.79 Å². The number of ether oxygens (including phenoxy) is 1. The van der Waals surface area contributed by atoms with Gasteiger partial charge in [0.1, 0.15) is 5.69 Å². The largest absolute Gasteiger partial charge is 0.451 e. The lowest BCUT2D eigenvalue weighted by molar-refractivity contribution is -0.119. The van der Waals surface area contributed by atoms with Crippen molar-refractivity contribution in [3.8, 4) is 0 Å². The highest BCUT2D eigenvalue weighted by Gasteiger charge is 2.14. The molecule has 0 bridgehead atoms. The van der Waals surface area contributed by atoms with Crippen molar-refractivity contribution in [3.05, 3.63) is 53.9 Å². The van der Waals surface area contributed by atoms with Crippen molar-refractivity contribution in [2.75, 3.05) is 11.9 Å². The molecule has 1 aromatic carbocycles. The van der Waals surface area contributed by atoms with Crippen molar-refractivity contribution in [2.45, 2.75) is 26.2 Å². The predicted octanol–water partition coefficient (Wildman–Crippen LogP) is 3.33. The molecule has 0 saturated carbocycles. The zero-order valence-corrected chi connectivity index (χ0v) is 13.7. The summed E-state index contributed by atoms with van der Waals surface area (Å²) in [5, 5.41) is 2.82. The van der Waals surface area contributed by atoms with Gasteiger partial charge in [-0.15, -0.1) is 0 Å². The number of hydrogen-bond donors (Lipinski definition) is 1. The lowest BCUT2D eigenvalue weighted by atomic mass is 9.97. The number of nitrogens with one attached hydrogen (secondary N) is 1. The molecule has 0 aliphatic rings. The maximum Gasteiger partial charge on any atom is 0.355 e. The fourth-order valence-corrected chi connectivity index (χ4v) is 2.32. The van der Waals surface area contributed by atoms with Gasteiger partial charge in [0.15, 0.2) is 6.61 Å². The topological polar surface area (TPSA) is 60.3 Å². The molecule has 23 heavy (non-hydrogen) atoms. The lowest BCUT2D eigenvalue weighted by Crippen LogP contribution is -2.22. The number of nitrogens with zero attached hydrogens (tertiary/aromatic N) is 1. The van der Waals surface area contributed by atoms with E-state index in [1.807, 2.05) is 24.3 Å². The van der Waals surface area contributed by atoms with E-state index in [-0.39, 0.29) is 12.5 Å². The molecule has 1 aromatic heterocycles. The Kier molecular flexibility index (Phi) is 5.57. The van der Waals surface area contributed by atoms with Crippen LogP contribution in [0.4, 0.5) is 5.69 Å². The van der Waals surface area contributed by atoms with Gasteiger partial charge in [-0.2, -0.15) is 0 Å². The number of aryl methyl sites for hydroxylation is 1. The maximum atomic E-state index is 12.0. The summed E-state index contributed by atoms with van der Waals surface area (Å²) in [4.78, 5) is 23.9. The second kappa shape index (κ2) is 7.63. The van der Waals surface area contributed by atoms with Crippen LogP contribution in [0, 0.1) is 0 Å². The first kappa shape index (κ1) is 16.8. The highest BCUT2D eigenvalue weighted by Crippen LogP contribution is 2.26. The highest BCUT2D eigenvalue weighted by atomic mass is 16.5. The van der Waals surface area contributed by atoms with Crippen LogP contribution in [0.25, 0.3) is 0 Å². The standard InChI is InChI=1S/C18H22N2O3/c1-4-13(2)14-8-5-6-9-15(14)19-17(21)12-23-18(22)16-10-7-11-20(16)3/h5-11,13H,4,12H2,1-3H3,(H,19,21). The molecule has 2 rings (SSSR count). The van der Waals surface area contributed by atoms with Crippen LogP contribution in [-0.2, 0) is 16.6 Å². The number of para-hydroxylation sites is 1. The van der Waals surface area contributed by atoms with Crippen LogP contribution < -0.4 is 5.32 Å². The number of carbonyl (C=O) groups excluding carboxylic acids is 2. The Labute approximate surface area is 136 Å². The third-order valence-corrected chi connectivity index (χ3v) is 3.87. The molecule has 1 unspecified atom stereocenters. The predicted molar refractivity (Wildman–Crippen MR) is 89.5 cm³/mol.